The molecule has 0 aliphatic carbocycles. The fourth-order valence-corrected chi connectivity index (χ4v) is 2.98. The molecule has 1 saturated heterocycles. The van der Waals surface area contributed by atoms with Crippen LogP contribution < -0.4 is 0 Å². The zero-order valence-corrected chi connectivity index (χ0v) is 12.3. The summed E-state index contributed by atoms with van der Waals surface area (Å²) in [5, 5.41) is 20.3. The Bertz CT molecular complexity index is 559. The largest absolute Gasteiger partial charge is 0.477 e. The van der Waals surface area contributed by atoms with E-state index in [2.05, 4.69) is 18.7 Å². The molecule has 1 aromatic carbocycles. The molecule has 0 radical (unpaired) electrons. The lowest BCUT2D eigenvalue weighted by Crippen LogP contribution is -2.42. The van der Waals surface area contributed by atoms with Crippen LogP contribution in [0.2, 0.25) is 0 Å². The Labute approximate surface area is 123 Å². The van der Waals surface area contributed by atoms with Crippen LogP contribution in [-0.4, -0.2) is 33.5 Å². The number of likely N-dealkylation sites (tertiary alicyclic amines) is 1. The first-order valence-corrected chi connectivity index (χ1v) is 7.15. The van der Waals surface area contributed by atoms with Crippen molar-refractivity contribution in [1.82, 2.24) is 4.90 Å². The van der Waals surface area contributed by atoms with Crippen LogP contribution in [0, 0.1) is 16.0 Å². The Morgan fingerprint density at radius 2 is 2.19 bits per heavy atom. The van der Waals surface area contributed by atoms with Gasteiger partial charge in [-0.15, -0.1) is 0 Å². The molecule has 0 saturated carbocycles. The van der Waals surface area contributed by atoms with Crippen LogP contribution in [0.3, 0.4) is 0 Å². The van der Waals surface area contributed by atoms with E-state index in [1.807, 2.05) is 0 Å². The standard InChI is InChI=1S/C15H20N2O4/c1-10-5-4-8-16(11(10)2)9-12-6-3-7-13(17(20)21)14(12)15(18)19/h3,6-7,10-11H,4-5,8-9H2,1-2H3,(H,18,19). The summed E-state index contributed by atoms with van der Waals surface area (Å²) in [6.45, 7) is 5.64. The van der Waals surface area contributed by atoms with E-state index in [-0.39, 0.29) is 11.3 Å². The average molecular weight is 292 g/mol. The van der Waals surface area contributed by atoms with Gasteiger partial charge in [0, 0.05) is 18.7 Å². The molecule has 2 unspecified atom stereocenters. The molecule has 0 aromatic heterocycles. The molecule has 0 spiro atoms. The van der Waals surface area contributed by atoms with Crippen molar-refractivity contribution in [2.45, 2.75) is 39.3 Å². The molecule has 1 heterocycles. The maximum absolute atomic E-state index is 11.4. The van der Waals surface area contributed by atoms with Crippen LogP contribution in [-0.2, 0) is 6.54 Å². The molecule has 1 aromatic rings. The van der Waals surface area contributed by atoms with Crippen molar-refractivity contribution in [2.75, 3.05) is 6.54 Å². The van der Waals surface area contributed by atoms with Gasteiger partial charge in [0.2, 0.25) is 0 Å². The Morgan fingerprint density at radius 3 is 2.81 bits per heavy atom. The van der Waals surface area contributed by atoms with Gasteiger partial charge in [-0.05, 0) is 37.8 Å². The molecular weight excluding hydrogens is 272 g/mol. The molecule has 6 nitrogen and oxygen atoms in total. The van der Waals surface area contributed by atoms with Crippen molar-refractivity contribution in [3.63, 3.8) is 0 Å². The summed E-state index contributed by atoms with van der Waals surface area (Å²) in [5.41, 5.74) is -0.0108. The fourth-order valence-electron chi connectivity index (χ4n) is 2.98. The van der Waals surface area contributed by atoms with Gasteiger partial charge in [-0.25, -0.2) is 4.79 Å². The van der Waals surface area contributed by atoms with Gasteiger partial charge in [-0.2, -0.15) is 0 Å². The third kappa shape index (κ3) is 3.21. The van der Waals surface area contributed by atoms with Gasteiger partial charge in [-0.1, -0.05) is 19.1 Å². The normalized spacial score (nSPS) is 23.0. The highest BCUT2D eigenvalue weighted by Gasteiger charge is 2.28. The number of aromatic carboxylic acids is 1. The second-order valence-electron chi connectivity index (χ2n) is 5.70. The molecule has 6 heteroatoms. The first-order chi connectivity index (χ1) is 9.91. The average Bonchev–Trinajstić information content (AvgIpc) is 2.43. The number of carboxylic acid groups (broad SMARTS) is 1. The zero-order valence-electron chi connectivity index (χ0n) is 12.3. The summed E-state index contributed by atoms with van der Waals surface area (Å²) in [7, 11) is 0. The third-order valence-corrected chi connectivity index (χ3v) is 4.42. The van der Waals surface area contributed by atoms with E-state index in [0.717, 1.165) is 13.0 Å². The number of hydrogen-bond donors (Lipinski definition) is 1. The number of rotatable bonds is 4. The molecule has 2 rings (SSSR count). The van der Waals surface area contributed by atoms with Crippen molar-refractivity contribution in [3.8, 4) is 0 Å². The lowest BCUT2D eigenvalue weighted by Gasteiger charge is -2.38. The maximum atomic E-state index is 11.4. The summed E-state index contributed by atoms with van der Waals surface area (Å²) in [4.78, 5) is 24.0. The van der Waals surface area contributed by atoms with E-state index in [1.54, 1.807) is 12.1 Å². The van der Waals surface area contributed by atoms with Crippen LogP contribution in [0.25, 0.3) is 0 Å². The minimum Gasteiger partial charge on any atom is -0.477 e. The molecule has 114 valence electrons. The Balaban J connectivity index is 2.33. The van der Waals surface area contributed by atoms with Gasteiger partial charge in [0.1, 0.15) is 5.56 Å². The number of hydrogen-bond acceptors (Lipinski definition) is 4. The number of nitrogens with zero attached hydrogens (tertiary/aromatic N) is 2. The van der Waals surface area contributed by atoms with Gasteiger partial charge in [0.15, 0.2) is 0 Å². The summed E-state index contributed by atoms with van der Waals surface area (Å²) in [5.74, 6) is -0.694. The van der Waals surface area contributed by atoms with E-state index in [9.17, 15) is 20.0 Å². The second kappa shape index (κ2) is 6.22. The van der Waals surface area contributed by atoms with Crippen molar-refractivity contribution >= 4 is 11.7 Å². The summed E-state index contributed by atoms with van der Waals surface area (Å²) >= 11 is 0. The Kier molecular flexibility index (Phi) is 4.57. The van der Waals surface area contributed by atoms with E-state index < -0.39 is 10.9 Å². The lowest BCUT2D eigenvalue weighted by atomic mass is 9.91. The maximum Gasteiger partial charge on any atom is 0.343 e. The highest BCUT2D eigenvalue weighted by Crippen LogP contribution is 2.28. The number of carboxylic acids is 1. The number of nitro groups is 1. The minimum atomic E-state index is -1.24. The van der Waals surface area contributed by atoms with Crippen molar-refractivity contribution in [1.29, 1.82) is 0 Å². The quantitative estimate of drug-likeness (QED) is 0.681. The number of benzene rings is 1. The zero-order chi connectivity index (χ0) is 15.6. The smallest absolute Gasteiger partial charge is 0.343 e. The predicted molar refractivity (Wildman–Crippen MR) is 78.3 cm³/mol. The van der Waals surface area contributed by atoms with Gasteiger partial charge in [0.25, 0.3) is 5.69 Å². The molecule has 1 N–H and O–H groups in total. The third-order valence-electron chi connectivity index (χ3n) is 4.42. The van der Waals surface area contributed by atoms with Gasteiger partial charge < -0.3 is 5.11 Å². The lowest BCUT2D eigenvalue weighted by molar-refractivity contribution is -0.385. The van der Waals surface area contributed by atoms with Gasteiger partial charge in [-0.3, -0.25) is 15.0 Å². The monoisotopic (exact) mass is 292 g/mol. The molecule has 0 amide bonds. The van der Waals surface area contributed by atoms with Crippen molar-refractivity contribution < 1.29 is 14.8 Å². The predicted octanol–water partition coefficient (Wildman–Crippen LogP) is 2.91. The second-order valence-corrected chi connectivity index (χ2v) is 5.70. The number of carbonyl (C=O) groups is 1. The van der Waals surface area contributed by atoms with Crippen LogP contribution in [0.5, 0.6) is 0 Å². The van der Waals surface area contributed by atoms with Crippen LogP contribution in [0.15, 0.2) is 18.2 Å². The topological polar surface area (TPSA) is 83.7 Å². The highest BCUT2D eigenvalue weighted by molar-refractivity contribution is 5.94. The van der Waals surface area contributed by atoms with Crippen molar-refractivity contribution in [3.05, 3.63) is 39.4 Å². The molecule has 1 aliphatic rings. The summed E-state index contributed by atoms with van der Waals surface area (Å²) in [6.07, 6.45) is 2.24. The Hall–Kier alpha value is -1.95. The highest BCUT2D eigenvalue weighted by atomic mass is 16.6. The van der Waals surface area contributed by atoms with Crippen LogP contribution in [0.4, 0.5) is 5.69 Å². The van der Waals surface area contributed by atoms with E-state index in [0.29, 0.717) is 24.1 Å². The van der Waals surface area contributed by atoms with Crippen LogP contribution in [0.1, 0.15) is 42.6 Å². The molecule has 0 bridgehead atoms. The first kappa shape index (κ1) is 15.4. The van der Waals surface area contributed by atoms with E-state index >= 15 is 0 Å². The molecule has 21 heavy (non-hydrogen) atoms. The summed E-state index contributed by atoms with van der Waals surface area (Å²) in [6, 6.07) is 4.81. The van der Waals surface area contributed by atoms with Gasteiger partial charge in [0.05, 0.1) is 4.92 Å². The van der Waals surface area contributed by atoms with Crippen LogP contribution >= 0.6 is 0 Å². The Morgan fingerprint density at radius 1 is 1.48 bits per heavy atom. The number of nitro benzene ring substituents is 1. The minimum absolute atomic E-state index is 0.187. The van der Waals surface area contributed by atoms with E-state index in [4.69, 9.17) is 0 Å². The SMILES string of the molecule is CC1CCCN(Cc2cccc([N+](=O)[O-])c2C(=O)O)C1C. The fraction of sp³-hybridized carbons (Fsp3) is 0.533. The number of piperidine rings is 1. The van der Waals surface area contributed by atoms with Crippen molar-refractivity contribution in [2.24, 2.45) is 5.92 Å². The molecule has 1 fully saturated rings. The summed E-state index contributed by atoms with van der Waals surface area (Å²) < 4.78 is 0. The first-order valence-electron chi connectivity index (χ1n) is 7.15. The van der Waals surface area contributed by atoms with E-state index in [1.165, 1.54) is 12.5 Å². The molecule has 2 atom stereocenters. The molecular formula is C15H20N2O4. The van der Waals surface area contributed by atoms with Gasteiger partial charge >= 0.3 is 5.97 Å². The molecule has 1 aliphatic heterocycles.